The molecule has 7 nitrogen and oxygen atoms in total. The monoisotopic (exact) mass is 430 g/mol. The van der Waals surface area contributed by atoms with Crippen molar-refractivity contribution < 1.29 is 14.3 Å². The lowest BCUT2D eigenvalue weighted by Crippen LogP contribution is -2.10. The lowest BCUT2D eigenvalue weighted by molar-refractivity contribution is -0.144. The summed E-state index contributed by atoms with van der Waals surface area (Å²) in [7, 11) is 1.65. The van der Waals surface area contributed by atoms with Crippen molar-refractivity contribution in [3.05, 3.63) is 76.4 Å². The smallest absolute Gasteiger partial charge is 0.310 e. The van der Waals surface area contributed by atoms with Crippen molar-refractivity contribution in [3.8, 4) is 11.7 Å². The maximum Gasteiger partial charge on any atom is 0.310 e. The van der Waals surface area contributed by atoms with Crippen LogP contribution >= 0.6 is 0 Å². The Balaban J connectivity index is 1.46. The van der Waals surface area contributed by atoms with Crippen LogP contribution in [-0.4, -0.2) is 32.8 Å². The van der Waals surface area contributed by atoms with Gasteiger partial charge in [-0.05, 0) is 68.3 Å². The van der Waals surface area contributed by atoms with E-state index in [0.717, 1.165) is 50.4 Å². The molecule has 0 spiro atoms. The lowest BCUT2D eigenvalue weighted by Gasteiger charge is -2.08. The number of ether oxygens (including phenoxy) is 2. The van der Waals surface area contributed by atoms with Gasteiger partial charge in [-0.25, -0.2) is 14.6 Å². The molecule has 2 aromatic carbocycles. The molecule has 2 aromatic heterocycles. The molecule has 0 bridgehead atoms. The predicted molar refractivity (Wildman–Crippen MR) is 122 cm³/mol. The molecule has 0 unspecified atom stereocenters. The molecule has 164 valence electrons. The molecule has 0 aliphatic rings. The number of aryl methyl sites for hydroxylation is 3. The van der Waals surface area contributed by atoms with E-state index in [9.17, 15) is 4.79 Å². The average Bonchev–Trinajstić information content (AvgIpc) is 3.05. The van der Waals surface area contributed by atoms with Crippen LogP contribution < -0.4 is 4.74 Å². The molecule has 7 heteroatoms. The molecule has 4 rings (SSSR count). The Morgan fingerprint density at radius 2 is 1.62 bits per heavy atom. The Morgan fingerprint density at radius 3 is 2.34 bits per heavy atom. The van der Waals surface area contributed by atoms with Crippen molar-refractivity contribution in [2.45, 2.75) is 40.7 Å². The van der Waals surface area contributed by atoms with Gasteiger partial charge in [-0.15, -0.1) is 0 Å². The van der Waals surface area contributed by atoms with Crippen molar-refractivity contribution in [1.29, 1.82) is 0 Å². The Bertz CT molecular complexity index is 1290. The van der Waals surface area contributed by atoms with Gasteiger partial charge in [-0.1, -0.05) is 18.2 Å². The summed E-state index contributed by atoms with van der Waals surface area (Å²) in [6.45, 7) is 7.86. The molecule has 0 fully saturated rings. The fourth-order valence-corrected chi connectivity index (χ4v) is 3.78. The van der Waals surface area contributed by atoms with Crippen LogP contribution in [0.4, 0.5) is 0 Å². The quantitative estimate of drug-likeness (QED) is 0.423. The van der Waals surface area contributed by atoms with Crippen LogP contribution in [0.15, 0.2) is 42.5 Å². The van der Waals surface area contributed by atoms with Gasteiger partial charge in [0.15, 0.2) is 0 Å². The summed E-state index contributed by atoms with van der Waals surface area (Å²) in [5.41, 5.74) is 5.11. The zero-order chi connectivity index (χ0) is 22.8. The standard InChI is InChI=1S/C25H26N4O3/c1-15-10-16(2)27-25(26-15)29-18(4)23(17(3)28-29)13-24(30)32-14-19-6-7-21-12-22(31-5)9-8-20(21)11-19/h6-12H,13-14H2,1-5H3. The van der Waals surface area contributed by atoms with Crippen LogP contribution in [0, 0.1) is 27.7 Å². The van der Waals surface area contributed by atoms with E-state index in [1.165, 1.54) is 0 Å². The van der Waals surface area contributed by atoms with E-state index in [1.807, 2.05) is 70.2 Å². The molecule has 0 atom stereocenters. The van der Waals surface area contributed by atoms with Gasteiger partial charge in [0.25, 0.3) is 5.95 Å². The van der Waals surface area contributed by atoms with Gasteiger partial charge >= 0.3 is 5.97 Å². The molecule has 0 radical (unpaired) electrons. The molecular formula is C25H26N4O3. The fraction of sp³-hybridized carbons (Fsp3) is 0.280. The first kappa shape index (κ1) is 21.5. The summed E-state index contributed by atoms with van der Waals surface area (Å²) in [5.74, 6) is 1.02. The van der Waals surface area contributed by atoms with Gasteiger partial charge in [-0.3, -0.25) is 4.79 Å². The number of carbonyl (C=O) groups excluding carboxylic acids is 1. The van der Waals surface area contributed by atoms with Gasteiger partial charge in [0.05, 0.1) is 19.2 Å². The third-order valence-electron chi connectivity index (χ3n) is 5.43. The van der Waals surface area contributed by atoms with Crippen LogP contribution in [-0.2, 0) is 22.6 Å². The Labute approximate surface area is 187 Å². The summed E-state index contributed by atoms with van der Waals surface area (Å²) in [6, 6.07) is 13.8. The van der Waals surface area contributed by atoms with E-state index in [4.69, 9.17) is 9.47 Å². The molecule has 2 heterocycles. The minimum Gasteiger partial charge on any atom is -0.497 e. The summed E-state index contributed by atoms with van der Waals surface area (Å²) >= 11 is 0. The minimum atomic E-state index is -0.299. The minimum absolute atomic E-state index is 0.146. The Kier molecular flexibility index (Phi) is 5.90. The molecule has 0 aliphatic carbocycles. The van der Waals surface area contributed by atoms with Gasteiger partial charge < -0.3 is 9.47 Å². The number of rotatable bonds is 6. The van der Waals surface area contributed by atoms with Gasteiger partial charge in [0.2, 0.25) is 0 Å². The van der Waals surface area contributed by atoms with Crippen molar-refractivity contribution in [1.82, 2.24) is 19.7 Å². The van der Waals surface area contributed by atoms with Crippen molar-refractivity contribution in [3.63, 3.8) is 0 Å². The molecule has 32 heavy (non-hydrogen) atoms. The van der Waals surface area contributed by atoms with Crippen LogP contribution in [0.25, 0.3) is 16.7 Å². The first-order valence-corrected chi connectivity index (χ1v) is 10.4. The summed E-state index contributed by atoms with van der Waals surface area (Å²) in [4.78, 5) is 21.5. The molecular weight excluding hydrogens is 404 g/mol. The largest absolute Gasteiger partial charge is 0.497 e. The van der Waals surface area contributed by atoms with Crippen LogP contribution in [0.1, 0.15) is 33.9 Å². The number of methoxy groups -OCH3 is 1. The number of esters is 1. The maximum atomic E-state index is 12.6. The van der Waals surface area contributed by atoms with Crippen molar-refractivity contribution in [2.75, 3.05) is 7.11 Å². The third kappa shape index (κ3) is 4.46. The normalized spacial score (nSPS) is 11.0. The number of hydrogen-bond donors (Lipinski definition) is 0. The second-order valence-corrected chi connectivity index (χ2v) is 7.90. The Morgan fingerprint density at radius 1 is 0.938 bits per heavy atom. The highest BCUT2D eigenvalue weighted by molar-refractivity contribution is 5.84. The van der Waals surface area contributed by atoms with E-state index in [0.29, 0.717) is 5.95 Å². The highest BCUT2D eigenvalue weighted by atomic mass is 16.5. The topological polar surface area (TPSA) is 79.1 Å². The molecule has 0 saturated carbocycles. The van der Waals surface area contributed by atoms with E-state index < -0.39 is 0 Å². The van der Waals surface area contributed by atoms with Crippen molar-refractivity contribution >= 4 is 16.7 Å². The second-order valence-electron chi connectivity index (χ2n) is 7.90. The van der Waals surface area contributed by atoms with Crippen LogP contribution in [0.3, 0.4) is 0 Å². The lowest BCUT2D eigenvalue weighted by atomic mass is 10.1. The highest BCUT2D eigenvalue weighted by Crippen LogP contribution is 2.23. The maximum absolute atomic E-state index is 12.6. The van der Waals surface area contributed by atoms with Crippen LogP contribution in [0.5, 0.6) is 5.75 Å². The van der Waals surface area contributed by atoms with Crippen LogP contribution in [0.2, 0.25) is 0 Å². The molecule has 4 aromatic rings. The summed E-state index contributed by atoms with van der Waals surface area (Å²) in [6.07, 6.45) is 0.146. The number of nitrogens with zero attached hydrogens (tertiary/aromatic N) is 4. The Hall–Kier alpha value is -3.74. The van der Waals surface area contributed by atoms with Gasteiger partial charge in [0, 0.05) is 22.6 Å². The fourth-order valence-electron chi connectivity index (χ4n) is 3.78. The number of hydrogen-bond acceptors (Lipinski definition) is 6. The zero-order valence-electron chi connectivity index (χ0n) is 19.0. The summed E-state index contributed by atoms with van der Waals surface area (Å²) < 4.78 is 12.5. The first-order chi connectivity index (χ1) is 15.3. The zero-order valence-corrected chi connectivity index (χ0v) is 19.0. The number of fused-ring (bicyclic) bond motifs is 1. The molecule has 0 N–H and O–H groups in total. The highest BCUT2D eigenvalue weighted by Gasteiger charge is 2.18. The molecule has 0 saturated heterocycles. The SMILES string of the molecule is COc1ccc2cc(COC(=O)Cc3c(C)nn(-c4nc(C)cc(C)n4)c3C)ccc2c1. The third-order valence-corrected chi connectivity index (χ3v) is 5.43. The average molecular weight is 431 g/mol. The van der Waals surface area contributed by atoms with Gasteiger partial charge in [0.1, 0.15) is 12.4 Å². The van der Waals surface area contributed by atoms with Crippen molar-refractivity contribution in [2.24, 2.45) is 0 Å². The molecule has 0 aliphatic heterocycles. The first-order valence-electron chi connectivity index (χ1n) is 10.4. The molecule has 0 amide bonds. The number of carbonyl (C=O) groups is 1. The van der Waals surface area contributed by atoms with E-state index in [2.05, 4.69) is 15.1 Å². The summed E-state index contributed by atoms with van der Waals surface area (Å²) in [5, 5.41) is 6.70. The van der Waals surface area contributed by atoms with E-state index in [1.54, 1.807) is 11.8 Å². The van der Waals surface area contributed by atoms with E-state index >= 15 is 0 Å². The van der Waals surface area contributed by atoms with Gasteiger partial charge in [-0.2, -0.15) is 5.10 Å². The predicted octanol–water partition coefficient (Wildman–Crippen LogP) is 4.34. The number of benzene rings is 2. The van der Waals surface area contributed by atoms with E-state index in [-0.39, 0.29) is 19.0 Å². The number of aromatic nitrogens is 4. The second kappa shape index (κ2) is 8.78.